The van der Waals surface area contributed by atoms with Crippen LogP contribution >= 0.6 is 23.2 Å². The first-order valence-electron chi connectivity index (χ1n) is 11.6. The van der Waals surface area contributed by atoms with Gasteiger partial charge in [0.25, 0.3) is 5.91 Å². The molecule has 0 spiro atoms. The molecule has 36 heavy (non-hydrogen) atoms. The van der Waals surface area contributed by atoms with Crippen molar-refractivity contribution in [3.63, 3.8) is 0 Å². The van der Waals surface area contributed by atoms with Gasteiger partial charge in [-0.15, -0.1) is 0 Å². The lowest BCUT2D eigenvalue weighted by Crippen LogP contribution is -2.26. The number of halogens is 2. The van der Waals surface area contributed by atoms with Crippen molar-refractivity contribution in [1.29, 1.82) is 0 Å². The zero-order valence-corrected chi connectivity index (χ0v) is 21.2. The third-order valence-corrected chi connectivity index (χ3v) is 6.35. The van der Waals surface area contributed by atoms with Crippen LogP contribution in [0.3, 0.4) is 0 Å². The summed E-state index contributed by atoms with van der Waals surface area (Å²) in [6, 6.07) is 19.8. The SMILES string of the molecule is C[C@H](NC(=O)c1ccc2nc(-c3ccc(Cl)cc3)c(CCCCC(=O)O)nc2c1)c1cccc(Cl)c1. The smallest absolute Gasteiger partial charge is 0.303 e. The lowest BCUT2D eigenvalue weighted by molar-refractivity contribution is -0.137. The van der Waals surface area contributed by atoms with Crippen LogP contribution in [0, 0.1) is 0 Å². The number of amides is 1. The number of hydrogen-bond acceptors (Lipinski definition) is 4. The van der Waals surface area contributed by atoms with Gasteiger partial charge in [0.15, 0.2) is 0 Å². The van der Waals surface area contributed by atoms with Crippen LogP contribution in [-0.4, -0.2) is 27.0 Å². The predicted molar refractivity (Wildman–Crippen MR) is 143 cm³/mol. The number of aliphatic carboxylic acids is 1. The molecule has 0 fully saturated rings. The molecule has 3 aromatic carbocycles. The molecule has 1 atom stereocenters. The van der Waals surface area contributed by atoms with Gasteiger partial charge in [0.2, 0.25) is 0 Å². The summed E-state index contributed by atoms with van der Waals surface area (Å²) >= 11 is 12.1. The Hall–Kier alpha value is -3.48. The van der Waals surface area contributed by atoms with E-state index in [9.17, 15) is 9.59 Å². The Morgan fingerprint density at radius 3 is 2.42 bits per heavy atom. The van der Waals surface area contributed by atoms with Gasteiger partial charge in [-0.1, -0.05) is 47.5 Å². The highest BCUT2D eigenvalue weighted by atomic mass is 35.5. The number of hydrogen-bond donors (Lipinski definition) is 2. The lowest BCUT2D eigenvalue weighted by atomic mass is 10.0. The van der Waals surface area contributed by atoms with Crippen molar-refractivity contribution in [2.75, 3.05) is 0 Å². The molecule has 0 aliphatic carbocycles. The summed E-state index contributed by atoms with van der Waals surface area (Å²) in [6.07, 6.45) is 1.87. The van der Waals surface area contributed by atoms with Crippen molar-refractivity contribution < 1.29 is 14.7 Å². The number of unbranched alkanes of at least 4 members (excludes halogenated alkanes) is 1. The van der Waals surface area contributed by atoms with E-state index in [2.05, 4.69) is 5.32 Å². The first-order valence-corrected chi connectivity index (χ1v) is 12.4. The number of carbonyl (C=O) groups excluding carboxylic acids is 1. The van der Waals surface area contributed by atoms with E-state index in [0.29, 0.717) is 45.9 Å². The molecule has 0 saturated heterocycles. The summed E-state index contributed by atoms with van der Waals surface area (Å²) in [6.45, 7) is 1.90. The van der Waals surface area contributed by atoms with Crippen LogP contribution in [0.15, 0.2) is 66.7 Å². The number of carboxylic acid groups (broad SMARTS) is 1. The van der Waals surface area contributed by atoms with E-state index in [1.54, 1.807) is 36.4 Å². The Labute approximate surface area is 219 Å². The van der Waals surface area contributed by atoms with Gasteiger partial charge in [0, 0.05) is 27.6 Å². The number of carboxylic acids is 1. The molecule has 4 aromatic rings. The molecular formula is C28H25Cl2N3O3. The molecule has 0 saturated carbocycles. The maximum Gasteiger partial charge on any atom is 0.303 e. The van der Waals surface area contributed by atoms with Crippen LogP contribution in [0.1, 0.15) is 53.8 Å². The molecule has 184 valence electrons. The van der Waals surface area contributed by atoms with Crippen LogP contribution in [0.4, 0.5) is 0 Å². The van der Waals surface area contributed by atoms with E-state index in [1.165, 1.54) is 0 Å². The van der Waals surface area contributed by atoms with Gasteiger partial charge in [-0.25, -0.2) is 9.97 Å². The molecular weight excluding hydrogens is 497 g/mol. The minimum Gasteiger partial charge on any atom is -0.481 e. The fraction of sp³-hybridized carbons (Fsp3) is 0.214. The highest BCUT2D eigenvalue weighted by molar-refractivity contribution is 6.30. The molecule has 8 heteroatoms. The Kier molecular flexibility index (Phi) is 8.18. The van der Waals surface area contributed by atoms with E-state index in [-0.39, 0.29) is 18.4 Å². The maximum atomic E-state index is 13.0. The number of benzene rings is 3. The minimum atomic E-state index is -0.819. The minimum absolute atomic E-state index is 0.104. The van der Waals surface area contributed by atoms with E-state index in [4.69, 9.17) is 38.3 Å². The van der Waals surface area contributed by atoms with E-state index in [0.717, 1.165) is 22.5 Å². The molecule has 2 N–H and O–H groups in total. The number of nitrogens with zero attached hydrogens (tertiary/aromatic N) is 2. The highest BCUT2D eigenvalue weighted by Gasteiger charge is 2.16. The van der Waals surface area contributed by atoms with Crippen molar-refractivity contribution in [3.05, 3.63) is 93.6 Å². The first-order chi connectivity index (χ1) is 17.3. The Balaban J connectivity index is 1.63. The normalized spacial score (nSPS) is 11.9. The zero-order valence-electron chi connectivity index (χ0n) is 19.7. The van der Waals surface area contributed by atoms with Crippen LogP contribution < -0.4 is 5.32 Å². The number of aryl methyl sites for hydroxylation is 1. The lowest BCUT2D eigenvalue weighted by Gasteiger charge is -2.15. The van der Waals surface area contributed by atoms with E-state index < -0.39 is 5.97 Å². The van der Waals surface area contributed by atoms with Gasteiger partial charge in [-0.05, 0) is 74.2 Å². The van der Waals surface area contributed by atoms with Crippen molar-refractivity contribution in [1.82, 2.24) is 15.3 Å². The number of aromatic nitrogens is 2. The van der Waals surface area contributed by atoms with Gasteiger partial charge in [0.05, 0.1) is 28.5 Å². The molecule has 1 aromatic heterocycles. The zero-order chi connectivity index (χ0) is 25.7. The molecule has 0 radical (unpaired) electrons. The maximum absolute atomic E-state index is 13.0. The Morgan fingerprint density at radius 1 is 0.917 bits per heavy atom. The monoisotopic (exact) mass is 521 g/mol. The number of carbonyl (C=O) groups is 2. The first kappa shape index (κ1) is 25.6. The molecule has 0 aliphatic rings. The summed E-state index contributed by atoms with van der Waals surface area (Å²) in [5, 5.41) is 13.2. The van der Waals surface area contributed by atoms with E-state index in [1.807, 2.05) is 37.3 Å². The van der Waals surface area contributed by atoms with Crippen LogP contribution in [0.2, 0.25) is 10.0 Å². The van der Waals surface area contributed by atoms with Gasteiger partial charge in [0.1, 0.15) is 0 Å². The average molecular weight is 522 g/mol. The molecule has 0 unspecified atom stereocenters. The third-order valence-electron chi connectivity index (χ3n) is 5.87. The fourth-order valence-corrected chi connectivity index (χ4v) is 4.28. The van der Waals surface area contributed by atoms with Gasteiger partial charge in [-0.2, -0.15) is 0 Å². The number of nitrogens with one attached hydrogen (secondary N) is 1. The van der Waals surface area contributed by atoms with Crippen LogP contribution in [0.5, 0.6) is 0 Å². The second-order valence-electron chi connectivity index (χ2n) is 8.58. The number of fused-ring (bicyclic) bond motifs is 1. The van der Waals surface area contributed by atoms with Crippen molar-refractivity contribution in [2.45, 2.75) is 38.6 Å². The number of rotatable bonds is 9. The Bertz CT molecular complexity index is 1410. The van der Waals surface area contributed by atoms with Crippen LogP contribution in [0.25, 0.3) is 22.3 Å². The largest absolute Gasteiger partial charge is 0.481 e. The summed E-state index contributed by atoms with van der Waals surface area (Å²) in [4.78, 5) is 33.6. The Morgan fingerprint density at radius 2 is 1.69 bits per heavy atom. The fourth-order valence-electron chi connectivity index (χ4n) is 3.95. The van der Waals surface area contributed by atoms with Crippen LogP contribution in [-0.2, 0) is 11.2 Å². The topological polar surface area (TPSA) is 92.2 Å². The second-order valence-corrected chi connectivity index (χ2v) is 9.45. The molecule has 6 nitrogen and oxygen atoms in total. The standard InChI is InChI=1S/C28H25Cl2N3O3/c1-17(19-5-4-6-22(30)15-19)31-28(36)20-11-14-23-25(16-20)32-24(7-2-3-8-26(34)35)27(33-23)18-9-12-21(29)13-10-18/h4-6,9-17H,2-3,7-8H2,1H3,(H,31,36)(H,34,35)/t17-/m0/s1. The highest BCUT2D eigenvalue weighted by Crippen LogP contribution is 2.27. The molecule has 0 bridgehead atoms. The molecule has 0 aliphatic heterocycles. The molecule has 1 amide bonds. The second kappa shape index (κ2) is 11.5. The average Bonchev–Trinajstić information content (AvgIpc) is 2.86. The van der Waals surface area contributed by atoms with Gasteiger partial charge < -0.3 is 10.4 Å². The van der Waals surface area contributed by atoms with Gasteiger partial charge in [-0.3, -0.25) is 9.59 Å². The molecule has 4 rings (SSSR count). The summed E-state index contributed by atoms with van der Waals surface area (Å²) in [5.74, 6) is -1.05. The third kappa shape index (κ3) is 6.39. The van der Waals surface area contributed by atoms with Crippen molar-refractivity contribution in [2.24, 2.45) is 0 Å². The summed E-state index contributed by atoms with van der Waals surface area (Å²) in [7, 11) is 0. The van der Waals surface area contributed by atoms with Crippen molar-refractivity contribution >= 4 is 46.1 Å². The summed E-state index contributed by atoms with van der Waals surface area (Å²) < 4.78 is 0. The van der Waals surface area contributed by atoms with Gasteiger partial charge >= 0.3 is 5.97 Å². The predicted octanol–water partition coefficient (Wildman–Crippen LogP) is 6.89. The van der Waals surface area contributed by atoms with Crippen molar-refractivity contribution in [3.8, 4) is 11.3 Å². The quantitative estimate of drug-likeness (QED) is 0.234. The summed E-state index contributed by atoms with van der Waals surface area (Å²) in [5.41, 5.74) is 4.99. The van der Waals surface area contributed by atoms with E-state index >= 15 is 0 Å². The molecule has 1 heterocycles.